The molecule has 0 radical (unpaired) electrons. The lowest BCUT2D eigenvalue weighted by atomic mass is 9.87. The van der Waals surface area contributed by atoms with Crippen LogP contribution in [0.2, 0.25) is 0 Å². The van der Waals surface area contributed by atoms with Gasteiger partial charge in [0, 0.05) is 42.5 Å². The summed E-state index contributed by atoms with van der Waals surface area (Å²) in [6.45, 7) is 2.80. The molecule has 3 aromatic rings. The third-order valence-electron chi connectivity index (χ3n) is 7.07. The fourth-order valence-corrected chi connectivity index (χ4v) is 5.40. The molecule has 5 rings (SSSR count). The Kier molecular flexibility index (Phi) is 6.19. The van der Waals surface area contributed by atoms with E-state index in [9.17, 15) is 14.4 Å². The summed E-state index contributed by atoms with van der Waals surface area (Å²) in [4.78, 5) is 47.1. The van der Waals surface area contributed by atoms with Gasteiger partial charge in [0.1, 0.15) is 12.1 Å². The maximum atomic E-state index is 14.1. The summed E-state index contributed by atoms with van der Waals surface area (Å²) < 4.78 is 5.14. The minimum absolute atomic E-state index is 0.239. The molecule has 2 aliphatic heterocycles. The molecular weight excluding hydrogens is 444 g/mol. The molecule has 1 saturated heterocycles. The highest BCUT2D eigenvalue weighted by molar-refractivity contribution is 5.94. The highest BCUT2D eigenvalue weighted by Crippen LogP contribution is 2.41. The number of aromatic amines is 1. The number of para-hydroxylation sites is 1. The molecule has 3 amide bonds. The molecule has 182 valence electrons. The van der Waals surface area contributed by atoms with Gasteiger partial charge in [0.25, 0.3) is 0 Å². The van der Waals surface area contributed by atoms with Crippen LogP contribution in [-0.2, 0) is 27.2 Å². The number of urea groups is 1. The number of nitrogens with zero attached hydrogens (tertiary/aromatic N) is 2. The SMILES string of the molecule is CCCNC(=O)N1C[C@H]2c3[nH]c4ccccc4c3C[C@@H](C(=O)OC)N2C(=O)[C@@H]1Cc1ccccc1. The van der Waals surface area contributed by atoms with Crippen molar-refractivity contribution >= 4 is 28.8 Å². The van der Waals surface area contributed by atoms with Crippen LogP contribution in [0.5, 0.6) is 0 Å². The van der Waals surface area contributed by atoms with E-state index in [2.05, 4.69) is 10.3 Å². The van der Waals surface area contributed by atoms with Gasteiger partial charge in [0.05, 0.1) is 13.2 Å². The van der Waals surface area contributed by atoms with Gasteiger partial charge in [-0.1, -0.05) is 55.5 Å². The van der Waals surface area contributed by atoms with E-state index in [4.69, 9.17) is 4.74 Å². The van der Waals surface area contributed by atoms with E-state index in [1.54, 1.807) is 9.80 Å². The molecule has 8 heteroatoms. The third-order valence-corrected chi connectivity index (χ3v) is 7.07. The molecule has 2 aromatic carbocycles. The fourth-order valence-electron chi connectivity index (χ4n) is 5.40. The minimum Gasteiger partial charge on any atom is -0.467 e. The van der Waals surface area contributed by atoms with Crippen LogP contribution in [0.15, 0.2) is 54.6 Å². The number of aromatic nitrogens is 1. The molecule has 0 bridgehead atoms. The number of rotatable bonds is 5. The van der Waals surface area contributed by atoms with Crippen molar-refractivity contribution in [2.75, 3.05) is 20.2 Å². The summed E-state index contributed by atoms with van der Waals surface area (Å²) in [6, 6.07) is 15.4. The average Bonchev–Trinajstić information content (AvgIpc) is 3.27. The van der Waals surface area contributed by atoms with E-state index in [1.807, 2.05) is 61.5 Å². The Labute approximate surface area is 204 Å². The van der Waals surface area contributed by atoms with Crippen LogP contribution in [0, 0.1) is 0 Å². The second-order valence-electron chi connectivity index (χ2n) is 9.16. The largest absolute Gasteiger partial charge is 0.467 e. The zero-order valence-electron chi connectivity index (χ0n) is 20.0. The van der Waals surface area contributed by atoms with Gasteiger partial charge in [-0.2, -0.15) is 0 Å². The topological polar surface area (TPSA) is 94.7 Å². The number of hydrogen-bond acceptors (Lipinski definition) is 4. The number of nitrogens with one attached hydrogen (secondary N) is 2. The van der Waals surface area contributed by atoms with Crippen LogP contribution >= 0.6 is 0 Å². The zero-order chi connectivity index (χ0) is 24.5. The molecule has 3 heterocycles. The molecule has 1 aromatic heterocycles. The van der Waals surface area contributed by atoms with Crippen LogP contribution in [0.4, 0.5) is 4.79 Å². The summed E-state index contributed by atoms with van der Waals surface area (Å²) in [7, 11) is 1.35. The third kappa shape index (κ3) is 4.03. The van der Waals surface area contributed by atoms with Gasteiger partial charge in [-0.25, -0.2) is 9.59 Å². The van der Waals surface area contributed by atoms with Crippen LogP contribution in [0.3, 0.4) is 0 Å². The maximum absolute atomic E-state index is 14.1. The Morgan fingerprint density at radius 3 is 2.60 bits per heavy atom. The van der Waals surface area contributed by atoms with Crippen LogP contribution in [0.1, 0.15) is 36.2 Å². The maximum Gasteiger partial charge on any atom is 0.328 e. The van der Waals surface area contributed by atoms with Crippen molar-refractivity contribution in [3.8, 4) is 0 Å². The molecule has 0 saturated carbocycles. The monoisotopic (exact) mass is 474 g/mol. The normalized spacial score (nSPS) is 21.4. The summed E-state index contributed by atoms with van der Waals surface area (Å²) >= 11 is 0. The minimum atomic E-state index is -0.747. The van der Waals surface area contributed by atoms with E-state index < -0.39 is 24.1 Å². The number of benzene rings is 2. The van der Waals surface area contributed by atoms with Crippen molar-refractivity contribution in [2.24, 2.45) is 0 Å². The number of carbonyl (C=O) groups excluding carboxylic acids is 3. The van der Waals surface area contributed by atoms with Gasteiger partial charge in [-0.05, 0) is 23.6 Å². The molecule has 0 aliphatic carbocycles. The number of hydrogen-bond donors (Lipinski definition) is 2. The molecule has 2 N–H and O–H groups in total. The van der Waals surface area contributed by atoms with Gasteiger partial charge in [-0.3, -0.25) is 4.79 Å². The molecule has 0 unspecified atom stereocenters. The zero-order valence-corrected chi connectivity index (χ0v) is 20.0. The van der Waals surface area contributed by atoms with Crippen molar-refractivity contribution in [1.29, 1.82) is 0 Å². The lowest BCUT2D eigenvalue weighted by molar-refractivity contribution is -0.162. The molecule has 35 heavy (non-hydrogen) atoms. The number of amides is 3. The standard InChI is InChI=1S/C27H30N4O4/c1-3-13-28-27(34)30-16-23-24-19(18-11-7-8-12-20(18)29-24)15-22(26(33)35-2)31(23)25(32)21(30)14-17-9-5-4-6-10-17/h4-12,21-23,29H,3,13-16H2,1-2H3,(H,28,34)/t21-,22-,23-/m0/s1. The summed E-state index contributed by atoms with van der Waals surface area (Å²) in [5, 5.41) is 3.97. The van der Waals surface area contributed by atoms with Gasteiger partial charge in [0.15, 0.2) is 0 Å². The average molecular weight is 475 g/mol. The first kappa shape index (κ1) is 23.0. The van der Waals surface area contributed by atoms with Crippen molar-refractivity contribution in [1.82, 2.24) is 20.1 Å². The lowest BCUT2D eigenvalue weighted by Crippen LogP contribution is -2.66. The van der Waals surface area contributed by atoms with E-state index in [-0.39, 0.29) is 18.5 Å². The Bertz CT molecular complexity index is 1250. The highest BCUT2D eigenvalue weighted by Gasteiger charge is 2.51. The van der Waals surface area contributed by atoms with E-state index in [0.29, 0.717) is 19.4 Å². The van der Waals surface area contributed by atoms with Crippen LogP contribution in [-0.4, -0.2) is 65.0 Å². The lowest BCUT2D eigenvalue weighted by Gasteiger charge is -2.49. The Hall–Kier alpha value is -3.81. The number of piperazine rings is 1. The first-order valence-electron chi connectivity index (χ1n) is 12.1. The van der Waals surface area contributed by atoms with Crippen molar-refractivity contribution in [3.05, 3.63) is 71.4 Å². The van der Waals surface area contributed by atoms with Gasteiger partial charge in [0.2, 0.25) is 5.91 Å². The predicted molar refractivity (Wildman–Crippen MR) is 132 cm³/mol. The Balaban J connectivity index is 1.60. The van der Waals surface area contributed by atoms with Crippen LogP contribution in [0.25, 0.3) is 10.9 Å². The molecule has 2 aliphatic rings. The predicted octanol–water partition coefficient (Wildman–Crippen LogP) is 3.18. The van der Waals surface area contributed by atoms with E-state index >= 15 is 0 Å². The van der Waals surface area contributed by atoms with Crippen LogP contribution < -0.4 is 5.32 Å². The Morgan fingerprint density at radius 1 is 1.11 bits per heavy atom. The quantitative estimate of drug-likeness (QED) is 0.556. The summed E-state index contributed by atoms with van der Waals surface area (Å²) in [6.07, 6.45) is 1.53. The second-order valence-corrected chi connectivity index (χ2v) is 9.16. The number of methoxy groups -OCH3 is 1. The number of esters is 1. The number of ether oxygens (including phenoxy) is 1. The number of carbonyl (C=O) groups is 3. The smallest absolute Gasteiger partial charge is 0.328 e. The Morgan fingerprint density at radius 2 is 1.86 bits per heavy atom. The number of fused-ring (bicyclic) bond motifs is 5. The molecule has 1 fully saturated rings. The van der Waals surface area contributed by atoms with Crippen molar-refractivity contribution in [2.45, 2.75) is 44.3 Å². The molecule has 8 nitrogen and oxygen atoms in total. The molecular formula is C27H30N4O4. The van der Waals surface area contributed by atoms with Crippen molar-refractivity contribution < 1.29 is 19.1 Å². The summed E-state index contributed by atoms with van der Waals surface area (Å²) in [5.41, 5.74) is 3.78. The summed E-state index contributed by atoms with van der Waals surface area (Å²) in [5.74, 6) is -0.682. The second kappa shape index (κ2) is 9.44. The first-order chi connectivity index (χ1) is 17.0. The number of H-pyrrole nitrogens is 1. The molecule has 0 spiro atoms. The van der Waals surface area contributed by atoms with Gasteiger partial charge < -0.3 is 24.8 Å². The fraction of sp³-hybridized carbons (Fsp3) is 0.370. The van der Waals surface area contributed by atoms with Gasteiger partial charge in [-0.15, -0.1) is 0 Å². The molecule has 3 atom stereocenters. The van der Waals surface area contributed by atoms with Gasteiger partial charge >= 0.3 is 12.0 Å². The first-order valence-corrected chi connectivity index (χ1v) is 12.1. The van der Waals surface area contributed by atoms with E-state index in [1.165, 1.54) is 7.11 Å². The highest BCUT2D eigenvalue weighted by atomic mass is 16.5. The van der Waals surface area contributed by atoms with E-state index in [0.717, 1.165) is 34.1 Å². The van der Waals surface area contributed by atoms with Crippen molar-refractivity contribution in [3.63, 3.8) is 0 Å².